The van der Waals surface area contributed by atoms with Crippen molar-refractivity contribution in [3.63, 3.8) is 0 Å². The van der Waals surface area contributed by atoms with Gasteiger partial charge < -0.3 is 9.47 Å². The lowest BCUT2D eigenvalue weighted by Crippen LogP contribution is -2.23. The van der Waals surface area contributed by atoms with Gasteiger partial charge in [-0.05, 0) is 64.3 Å². The zero-order valence-electron chi connectivity index (χ0n) is 12.4. The fraction of sp³-hybridized carbons (Fsp3) is 0.562. The predicted molar refractivity (Wildman–Crippen MR) is 84.0 cm³/mol. The second kappa shape index (κ2) is 8.30. The summed E-state index contributed by atoms with van der Waals surface area (Å²) >= 11 is 3.38. The van der Waals surface area contributed by atoms with Crippen LogP contribution in [0.4, 0.5) is 0 Å². The van der Waals surface area contributed by atoms with Crippen LogP contribution in [-0.4, -0.2) is 18.2 Å². The van der Waals surface area contributed by atoms with Crippen LogP contribution in [0, 0.1) is 0 Å². The number of esters is 1. The normalized spacial score (nSPS) is 11.2. The number of rotatable bonds is 7. The minimum Gasteiger partial charge on any atom is -0.494 e. The summed E-state index contributed by atoms with van der Waals surface area (Å²) in [6, 6.07) is 7.78. The van der Waals surface area contributed by atoms with E-state index in [1.165, 1.54) is 0 Å². The molecule has 1 aromatic carbocycles. The molecule has 3 nitrogen and oxygen atoms in total. The largest absolute Gasteiger partial charge is 0.494 e. The van der Waals surface area contributed by atoms with Crippen LogP contribution in [0.3, 0.4) is 0 Å². The molecule has 0 saturated carbocycles. The van der Waals surface area contributed by atoms with Crippen molar-refractivity contribution in [1.29, 1.82) is 0 Å². The van der Waals surface area contributed by atoms with E-state index < -0.39 is 0 Å². The fourth-order valence-electron chi connectivity index (χ4n) is 1.66. The highest BCUT2D eigenvalue weighted by atomic mass is 79.9. The standard InChI is InChI=1S/C16H23BrO3/c1-16(2,3)20-15(18)7-5-4-6-12-19-14-10-8-13(17)9-11-14/h8-11H,4-7,12H2,1-3H3. The minimum absolute atomic E-state index is 0.119. The molecule has 0 aliphatic carbocycles. The van der Waals surface area contributed by atoms with Gasteiger partial charge in [-0.2, -0.15) is 0 Å². The molecule has 112 valence electrons. The van der Waals surface area contributed by atoms with Crippen LogP contribution >= 0.6 is 15.9 Å². The summed E-state index contributed by atoms with van der Waals surface area (Å²) < 4.78 is 11.9. The third-order valence-electron chi connectivity index (χ3n) is 2.53. The maximum atomic E-state index is 11.5. The molecule has 0 amide bonds. The molecule has 0 atom stereocenters. The monoisotopic (exact) mass is 342 g/mol. The molecule has 0 heterocycles. The molecule has 0 aliphatic rings. The molecule has 0 bridgehead atoms. The van der Waals surface area contributed by atoms with Gasteiger partial charge in [0.15, 0.2) is 0 Å². The highest BCUT2D eigenvalue weighted by Gasteiger charge is 2.15. The Labute approximate surface area is 129 Å². The number of carbonyl (C=O) groups is 1. The van der Waals surface area contributed by atoms with E-state index in [0.29, 0.717) is 13.0 Å². The predicted octanol–water partition coefficient (Wildman–Crippen LogP) is 4.73. The smallest absolute Gasteiger partial charge is 0.306 e. The van der Waals surface area contributed by atoms with Gasteiger partial charge in [-0.1, -0.05) is 15.9 Å². The lowest BCUT2D eigenvalue weighted by Gasteiger charge is -2.19. The number of halogens is 1. The van der Waals surface area contributed by atoms with E-state index in [1.807, 2.05) is 45.0 Å². The van der Waals surface area contributed by atoms with Crippen LogP contribution in [0.15, 0.2) is 28.7 Å². The van der Waals surface area contributed by atoms with Crippen molar-refractivity contribution in [2.24, 2.45) is 0 Å². The first-order valence-corrected chi connectivity index (χ1v) is 7.76. The average Bonchev–Trinajstić information content (AvgIpc) is 2.33. The Balaban J connectivity index is 2.05. The summed E-state index contributed by atoms with van der Waals surface area (Å²) in [5, 5.41) is 0. The molecule has 4 heteroatoms. The summed E-state index contributed by atoms with van der Waals surface area (Å²) in [5.74, 6) is 0.756. The van der Waals surface area contributed by atoms with Crippen LogP contribution in [0.2, 0.25) is 0 Å². The van der Waals surface area contributed by atoms with Crippen molar-refractivity contribution >= 4 is 21.9 Å². The summed E-state index contributed by atoms with van der Waals surface area (Å²) in [7, 11) is 0. The van der Waals surface area contributed by atoms with E-state index >= 15 is 0 Å². The third-order valence-corrected chi connectivity index (χ3v) is 3.06. The van der Waals surface area contributed by atoms with Crippen molar-refractivity contribution in [2.75, 3.05) is 6.61 Å². The summed E-state index contributed by atoms with van der Waals surface area (Å²) in [6.07, 6.45) is 3.24. The van der Waals surface area contributed by atoms with Gasteiger partial charge >= 0.3 is 5.97 Å². The molecule has 0 aliphatic heterocycles. The Morgan fingerprint density at radius 2 is 1.75 bits per heavy atom. The van der Waals surface area contributed by atoms with Gasteiger partial charge in [0, 0.05) is 10.9 Å². The van der Waals surface area contributed by atoms with Crippen molar-refractivity contribution in [1.82, 2.24) is 0 Å². The summed E-state index contributed by atoms with van der Waals surface area (Å²) in [5.41, 5.74) is -0.387. The average molecular weight is 343 g/mol. The van der Waals surface area contributed by atoms with Gasteiger partial charge in [-0.25, -0.2) is 0 Å². The zero-order chi connectivity index (χ0) is 15.0. The van der Waals surface area contributed by atoms with Gasteiger partial charge in [0.2, 0.25) is 0 Å². The molecular formula is C16H23BrO3. The van der Waals surface area contributed by atoms with Gasteiger partial charge in [-0.3, -0.25) is 4.79 Å². The molecule has 1 aromatic rings. The number of carbonyl (C=O) groups excluding carboxylic acids is 1. The number of benzene rings is 1. The van der Waals surface area contributed by atoms with Gasteiger partial charge in [0.1, 0.15) is 11.4 Å². The summed E-state index contributed by atoms with van der Waals surface area (Å²) in [4.78, 5) is 11.5. The van der Waals surface area contributed by atoms with E-state index in [4.69, 9.17) is 9.47 Å². The molecule has 1 rings (SSSR count). The first-order valence-electron chi connectivity index (χ1n) is 6.97. The molecule has 0 aromatic heterocycles. The Bertz CT molecular complexity index is 407. The van der Waals surface area contributed by atoms with Crippen LogP contribution in [0.5, 0.6) is 5.75 Å². The third kappa shape index (κ3) is 8.20. The Kier molecular flexibility index (Phi) is 7.06. The Morgan fingerprint density at radius 3 is 2.35 bits per heavy atom. The second-order valence-electron chi connectivity index (χ2n) is 5.70. The van der Waals surface area contributed by atoms with Crippen molar-refractivity contribution in [3.8, 4) is 5.75 Å². The van der Waals surface area contributed by atoms with E-state index in [0.717, 1.165) is 29.5 Å². The second-order valence-corrected chi connectivity index (χ2v) is 6.62. The van der Waals surface area contributed by atoms with E-state index in [2.05, 4.69) is 15.9 Å². The highest BCUT2D eigenvalue weighted by molar-refractivity contribution is 9.10. The molecule has 0 saturated heterocycles. The van der Waals surface area contributed by atoms with E-state index in [1.54, 1.807) is 0 Å². The van der Waals surface area contributed by atoms with Crippen molar-refractivity contribution in [2.45, 2.75) is 52.1 Å². The van der Waals surface area contributed by atoms with Crippen LogP contribution in [0.1, 0.15) is 46.5 Å². The van der Waals surface area contributed by atoms with E-state index in [-0.39, 0.29) is 11.6 Å². The molecule has 0 spiro atoms. The Hall–Kier alpha value is -1.03. The number of hydrogen-bond donors (Lipinski definition) is 0. The van der Waals surface area contributed by atoms with Crippen LogP contribution < -0.4 is 4.74 Å². The van der Waals surface area contributed by atoms with Crippen molar-refractivity contribution < 1.29 is 14.3 Å². The lowest BCUT2D eigenvalue weighted by molar-refractivity contribution is -0.154. The van der Waals surface area contributed by atoms with Crippen LogP contribution in [-0.2, 0) is 9.53 Å². The fourth-order valence-corrected chi connectivity index (χ4v) is 1.93. The van der Waals surface area contributed by atoms with Gasteiger partial charge in [0.25, 0.3) is 0 Å². The molecular weight excluding hydrogens is 320 g/mol. The molecule has 0 radical (unpaired) electrons. The maximum absolute atomic E-state index is 11.5. The number of unbranched alkanes of at least 4 members (excludes halogenated alkanes) is 2. The number of hydrogen-bond acceptors (Lipinski definition) is 3. The quantitative estimate of drug-likeness (QED) is 0.530. The SMILES string of the molecule is CC(C)(C)OC(=O)CCCCCOc1ccc(Br)cc1. The van der Waals surface area contributed by atoms with Gasteiger partial charge in [-0.15, -0.1) is 0 Å². The van der Waals surface area contributed by atoms with E-state index in [9.17, 15) is 4.79 Å². The molecule has 0 unspecified atom stereocenters. The minimum atomic E-state index is -0.387. The topological polar surface area (TPSA) is 35.5 Å². The highest BCUT2D eigenvalue weighted by Crippen LogP contribution is 2.16. The molecule has 0 N–H and O–H groups in total. The molecule has 20 heavy (non-hydrogen) atoms. The maximum Gasteiger partial charge on any atom is 0.306 e. The lowest BCUT2D eigenvalue weighted by atomic mass is 10.1. The number of ether oxygens (including phenoxy) is 2. The first kappa shape index (κ1) is 17.0. The van der Waals surface area contributed by atoms with Gasteiger partial charge in [0.05, 0.1) is 6.61 Å². The first-order chi connectivity index (χ1) is 9.37. The Morgan fingerprint density at radius 1 is 1.10 bits per heavy atom. The molecule has 0 fully saturated rings. The van der Waals surface area contributed by atoms with Crippen LogP contribution in [0.25, 0.3) is 0 Å². The van der Waals surface area contributed by atoms with Crippen molar-refractivity contribution in [3.05, 3.63) is 28.7 Å². The summed E-state index contributed by atoms with van der Waals surface area (Å²) in [6.45, 7) is 6.33. The zero-order valence-corrected chi connectivity index (χ0v) is 14.0.